The number of carbonyl (C=O) groups excluding carboxylic acids is 1. The Balaban J connectivity index is 2.48. The number of ether oxygens (including phenoxy) is 1. The topological polar surface area (TPSA) is 38.3 Å². The number of rotatable bonds is 5. The molecule has 0 fully saturated rings. The van der Waals surface area contributed by atoms with E-state index in [1.165, 1.54) is 0 Å². The molecule has 1 aromatic carbocycles. The number of halogens is 2. The van der Waals surface area contributed by atoms with Crippen molar-refractivity contribution in [2.75, 3.05) is 6.54 Å². The first-order valence-electron chi connectivity index (χ1n) is 5.02. The minimum atomic E-state index is -0.567. The molecule has 17 heavy (non-hydrogen) atoms. The van der Waals surface area contributed by atoms with Gasteiger partial charge in [0, 0.05) is 16.0 Å². The Morgan fingerprint density at radius 1 is 1.53 bits per heavy atom. The van der Waals surface area contributed by atoms with E-state index >= 15 is 0 Å². The minimum absolute atomic E-state index is 0.194. The summed E-state index contributed by atoms with van der Waals surface area (Å²) < 4.78 is 6.16. The molecule has 0 saturated heterocycles. The molecule has 0 spiro atoms. The summed E-state index contributed by atoms with van der Waals surface area (Å²) in [5.41, 5.74) is 0. The van der Waals surface area contributed by atoms with Crippen LogP contribution in [-0.4, -0.2) is 18.6 Å². The van der Waals surface area contributed by atoms with Gasteiger partial charge in [0.2, 0.25) is 0 Å². The van der Waals surface area contributed by atoms with Crippen LogP contribution in [0.5, 0.6) is 5.75 Å². The van der Waals surface area contributed by atoms with Gasteiger partial charge in [0.15, 0.2) is 6.10 Å². The van der Waals surface area contributed by atoms with Crippen molar-refractivity contribution in [2.24, 2.45) is 0 Å². The molecule has 5 heteroatoms. The quantitative estimate of drug-likeness (QED) is 0.906. The van der Waals surface area contributed by atoms with Crippen LogP contribution in [0.3, 0.4) is 0 Å². The number of nitrogens with one attached hydrogen (secondary N) is 1. The van der Waals surface area contributed by atoms with Crippen LogP contribution < -0.4 is 10.1 Å². The van der Waals surface area contributed by atoms with Gasteiger partial charge < -0.3 is 10.1 Å². The van der Waals surface area contributed by atoms with E-state index in [0.29, 0.717) is 21.8 Å². The van der Waals surface area contributed by atoms with Crippen molar-refractivity contribution >= 4 is 33.4 Å². The predicted molar refractivity (Wildman–Crippen MR) is 72.6 cm³/mol. The summed E-state index contributed by atoms with van der Waals surface area (Å²) in [6, 6.07) is 6.86. The third-order valence-corrected chi connectivity index (χ3v) is 2.48. The highest BCUT2D eigenvalue weighted by molar-refractivity contribution is 9.11. The smallest absolute Gasteiger partial charge is 0.261 e. The molecule has 1 aromatic rings. The van der Waals surface area contributed by atoms with E-state index in [4.69, 9.17) is 16.3 Å². The van der Waals surface area contributed by atoms with Gasteiger partial charge in [0.05, 0.1) is 0 Å². The number of amides is 1. The maximum absolute atomic E-state index is 11.6. The third-order valence-electron chi connectivity index (χ3n) is 1.95. The molecule has 0 aliphatic heterocycles. The Morgan fingerprint density at radius 3 is 2.65 bits per heavy atom. The number of hydrogen-bond acceptors (Lipinski definition) is 2. The first-order valence-corrected chi connectivity index (χ1v) is 6.19. The van der Waals surface area contributed by atoms with Crippen LogP contribution in [0.2, 0.25) is 5.02 Å². The van der Waals surface area contributed by atoms with Gasteiger partial charge in [-0.05, 0) is 31.2 Å². The van der Waals surface area contributed by atoms with Gasteiger partial charge in [0.25, 0.3) is 5.91 Å². The zero-order valence-corrected chi connectivity index (χ0v) is 11.7. The summed E-state index contributed by atoms with van der Waals surface area (Å²) in [6.45, 7) is 5.69. The second-order valence-corrected chi connectivity index (χ2v) is 5.01. The molecular formula is C12H13BrClNO2. The van der Waals surface area contributed by atoms with Crippen LogP contribution in [0.1, 0.15) is 6.92 Å². The Kier molecular flexibility index (Phi) is 5.51. The van der Waals surface area contributed by atoms with Crippen LogP contribution in [0, 0.1) is 0 Å². The predicted octanol–water partition coefficient (Wildman–Crippen LogP) is 3.13. The Labute approximate surface area is 114 Å². The number of carbonyl (C=O) groups is 1. The zero-order valence-electron chi connectivity index (χ0n) is 9.37. The van der Waals surface area contributed by atoms with E-state index < -0.39 is 6.10 Å². The van der Waals surface area contributed by atoms with Gasteiger partial charge in [-0.1, -0.05) is 34.1 Å². The lowest BCUT2D eigenvalue weighted by atomic mass is 10.3. The second-order valence-electron chi connectivity index (χ2n) is 3.45. The van der Waals surface area contributed by atoms with Crippen molar-refractivity contribution < 1.29 is 9.53 Å². The highest BCUT2D eigenvalue weighted by atomic mass is 79.9. The lowest BCUT2D eigenvalue weighted by Gasteiger charge is -2.14. The minimum Gasteiger partial charge on any atom is -0.481 e. The maximum Gasteiger partial charge on any atom is 0.261 e. The summed E-state index contributed by atoms with van der Waals surface area (Å²) in [6.07, 6.45) is -0.567. The van der Waals surface area contributed by atoms with E-state index in [1.807, 2.05) is 0 Å². The van der Waals surface area contributed by atoms with E-state index in [9.17, 15) is 4.79 Å². The molecule has 1 unspecified atom stereocenters. The Morgan fingerprint density at radius 2 is 2.12 bits per heavy atom. The average molecular weight is 319 g/mol. The van der Waals surface area contributed by atoms with Crippen molar-refractivity contribution in [3.63, 3.8) is 0 Å². The lowest BCUT2D eigenvalue weighted by Crippen LogP contribution is -2.36. The van der Waals surface area contributed by atoms with Crippen LogP contribution in [0.15, 0.2) is 35.3 Å². The number of hydrogen-bond donors (Lipinski definition) is 1. The van der Waals surface area contributed by atoms with Gasteiger partial charge in [-0.15, -0.1) is 0 Å². The van der Waals surface area contributed by atoms with Crippen LogP contribution in [-0.2, 0) is 4.79 Å². The molecule has 0 aliphatic rings. The summed E-state index contributed by atoms with van der Waals surface area (Å²) in [4.78, 5) is 11.6. The Hall–Kier alpha value is -1.00. The molecule has 1 atom stereocenters. The summed E-state index contributed by atoms with van der Waals surface area (Å²) >= 11 is 8.91. The van der Waals surface area contributed by atoms with Crippen molar-refractivity contribution in [3.05, 3.63) is 40.3 Å². The fraction of sp³-hybridized carbons (Fsp3) is 0.250. The normalized spacial score (nSPS) is 11.7. The van der Waals surface area contributed by atoms with Crippen molar-refractivity contribution in [2.45, 2.75) is 13.0 Å². The molecule has 92 valence electrons. The Bertz CT molecular complexity index is 405. The molecule has 3 nitrogen and oxygen atoms in total. The highest BCUT2D eigenvalue weighted by Crippen LogP contribution is 2.16. The van der Waals surface area contributed by atoms with Gasteiger partial charge in [-0.3, -0.25) is 4.79 Å². The molecular weight excluding hydrogens is 305 g/mol. The lowest BCUT2D eigenvalue weighted by molar-refractivity contribution is -0.127. The van der Waals surface area contributed by atoms with Gasteiger partial charge >= 0.3 is 0 Å². The maximum atomic E-state index is 11.6. The molecule has 0 radical (unpaired) electrons. The summed E-state index contributed by atoms with van der Waals surface area (Å²) in [5.74, 6) is 0.412. The first kappa shape index (κ1) is 14.1. The van der Waals surface area contributed by atoms with E-state index in [2.05, 4.69) is 27.8 Å². The van der Waals surface area contributed by atoms with Gasteiger partial charge in [0.1, 0.15) is 5.75 Å². The van der Waals surface area contributed by atoms with Gasteiger partial charge in [-0.25, -0.2) is 0 Å². The molecule has 0 aliphatic carbocycles. The largest absolute Gasteiger partial charge is 0.481 e. The van der Waals surface area contributed by atoms with E-state index in [1.54, 1.807) is 31.2 Å². The summed E-state index contributed by atoms with van der Waals surface area (Å²) in [7, 11) is 0. The fourth-order valence-electron chi connectivity index (χ4n) is 1.10. The van der Waals surface area contributed by atoms with Crippen molar-refractivity contribution in [3.8, 4) is 5.75 Å². The van der Waals surface area contributed by atoms with Crippen LogP contribution in [0.4, 0.5) is 0 Å². The average Bonchev–Trinajstić information content (AvgIpc) is 2.28. The van der Waals surface area contributed by atoms with E-state index in [0.717, 1.165) is 0 Å². The monoisotopic (exact) mass is 317 g/mol. The molecule has 0 saturated carbocycles. The summed E-state index contributed by atoms with van der Waals surface area (Å²) in [5, 5.41) is 3.31. The van der Waals surface area contributed by atoms with Crippen molar-refractivity contribution in [1.29, 1.82) is 0 Å². The zero-order chi connectivity index (χ0) is 12.8. The molecule has 0 bridgehead atoms. The van der Waals surface area contributed by atoms with Gasteiger partial charge in [-0.2, -0.15) is 0 Å². The van der Waals surface area contributed by atoms with Crippen LogP contribution in [0.25, 0.3) is 0 Å². The molecule has 0 heterocycles. The highest BCUT2D eigenvalue weighted by Gasteiger charge is 2.13. The fourth-order valence-corrected chi connectivity index (χ4v) is 1.36. The molecule has 1 N–H and O–H groups in total. The standard InChI is InChI=1S/C12H13BrClNO2/c1-8(13)7-15-12(16)9(2)17-11-5-3-10(14)4-6-11/h3-6,9H,1,7H2,2H3,(H,15,16). The third kappa shape index (κ3) is 5.24. The van der Waals surface area contributed by atoms with Crippen molar-refractivity contribution in [1.82, 2.24) is 5.32 Å². The van der Waals surface area contributed by atoms with Crippen LogP contribution >= 0.6 is 27.5 Å². The molecule has 0 aromatic heterocycles. The SMILES string of the molecule is C=C(Br)CNC(=O)C(C)Oc1ccc(Cl)cc1. The molecule has 1 rings (SSSR count). The second kappa shape index (κ2) is 6.67. The number of benzene rings is 1. The first-order chi connectivity index (χ1) is 7.99. The van der Waals surface area contributed by atoms with E-state index in [-0.39, 0.29) is 5.91 Å². The molecule has 1 amide bonds.